The number of fused-ring (bicyclic) bond motifs is 1. The van der Waals surface area contributed by atoms with Crippen LogP contribution in [0.5, 0.6) is 0 Å². The maximum Gasteiger partial charge on any atom is 0.277 e. The van der Waals surface area contributed by atoms with E-state index in [2.05, 4.69) is 22.0 Å². The summed E-state index contributed by atoms with van der Waals surface area (Å²) >= 11 is 0. The minimum Gasteiger partial charge on any atom is -0.378 e. The molecule has 2 heterocycles. The summed E-state index contributed by atoms with van der Waals surface area (Å²) < 4.78 is 0. The van der Waals surface area contributed by atoms with Gasteiger partial charge in [0.1, 0.15) is 11.5 Å². The van der Waals surface area contributed by atoms with Gasteiger partial charge in [0.25, 0.3) is 5.91 Å². The van der Waals surface area contributed by atoms with Gasteiger partial charge in [0.05, 0.1) is 0 Å². The normalized spacial score (nSPS) is 20.3. The molecule has 1 aromatic carbocycles. The fourth-order valence-electron chi connectivity index (χ4n) is 2.77. The summed E-state index contributed by atoms with van der Waals surface area (Å²) in [5.74, 6) is 1.01. The van der Waals surface area contributed by atoms with E-state index in [9.17, 15) is 4.79 Å². The topological polar surface area (TPSA) is 35.9 Å². The lowest BCUT2D eigenvalue weighted by molar-refractivity contribution is -0.122. The first-order chi connectivity index (χ1) is 10.1. The number of carbonyl (C=O) groups excluding carboxylic acids is 1. The largest absolute Gasteiger partial charge is 0.378 e. The van der Waals surface area contributed by atoms with Crippen LogP contribution >= 0.6 is 0 Å². The van der Waals surface area contributed by atoms with Crippen LogP contribution in [0.3, 0.4) is 0 Å². The zero-order valence-electron chi connectivity index (χ0n) is 12.7. The van der Waals surface area contributed by atoms with Crippen LogP contribution in [0.2, 0.25) is 0 Å². The van der Waals surface area contributed by atoms with Crippen molar-refractivity contribution in [2.75, 3.05) is 25.5 Å². The molecule has 2 aliphatic heterocycles. The average molecular weight is 283 g/mol. The maximum absolute atomic E-state index is 12.4. The Morgan fingerprint density at radius 3 is 2.62 bits per heavy atom. The number of amides is 1. The second-order valence-corrected chi connectivity index (χ2v) is 5.81. The van der Waals surface area contributed by atoms with Gasteiger partial charge < -0.3 is 4.90 Å². The molecule has 0 saturated carbocycles. The van der Waals surface area contributed by atoms with Crippen LogP contribution in [-0.2, 0) is 4.79 Å². The summed E-state index contributed by atoms with van der Waals surface area (Å²) in [4.78, 5) is 20.9. The number of nitrogens with zero attached hydrogens (tertiary/aromatic N) is 3. The van der Waals surface area contributed by atoms with Gasteiger partial charge in [-0.25, -0.2) is 4.99 Å². The molecule has 0 spiro atoms. The number of amidine groups is 1. The van der Waals surface area contributed by atoms with Crippen molar-refractivity contribution in [1.82, 2.24) is 4.90 Å². The van der Waals surface area contributed by atoms with Crippen molar-refractivity contribution in [2.24, 2.45) is 4.99 Å². The highest BCUT2D eigenvalue weighted by atomic mass is 16.2. The lowest BCUT2D eigenvalue weighted by Crippen LogP contribution is -2.31. The predicted octanol–water partition coefficient (Wildman–Crippen LogP) is 2.91. The maximum atomic E-state index is 12.4. The van der Waals surface area contributed by atoms with Crippen LogP contribution in [0.4, 0.5) is 5.69 Å². The minimum absolute atomic E-state index is 0.0589. The Morgan fingerprint density at radius 2 is 1.90 bits per heavy atom. The zero-order valence-corrected chi connectivity index (χ0v) is 12.7. The van der Waals surface area contributed by atoms with Crippen molar-refractivity contribution in [3.63, 3.8) is 0 Å². The van der Waals surface area contributed by atoms with Gasteiger partial charge >= 0.3 is 0 Å². The van der Waals surface area contributed by atoms with E-state index >= 15 is 0 Å². The van der Waals surface area contributed by atoms with Gasteiger partial charge in [0, 0.05) is 32.7 Å². The molecule has 0 aromatic heterocycles. The van der Waals surface area contributed by atoms with Gasteiger partial charge in [-0.15, -0.1) is 0 Å². The number of anilines is 1. The van der Waals surface area contributed by atoms with Crippen LogP contribution in [0.15, 0.2) is 35.0 Å². The fraction of sp³-hybridized carbons (Fsp3) is 0.412. The fourth-order valence-corrected chi connectivity index (χ4v) is 2.77. The molecule has 110 valence electrons. The van der Waals surface area contributed by atoms with Crippen LogP contribution in [0.25, 0.3) is 6.08 Å². The van der Waals surface area contributed by atoms with Gasteiger partial charge in [0.15, 0.2) is 0 Å². The van der Waals surface area contributed by atoms with E-state index in [0.29, 0.717) is 5.70 Å². The second-order valence-electron chi connectivity index (χ2n) is 5.81. The number of rotatable bonds is 2. The zero-order chi connectivity index (χ0) is 14.8. The smallest absolute Gasteiger partial charge is 0.277 e. The van der Waals surface area contributed by atoms with Gasteiger partial charge in [-0.1, -0.05) is 18.6 Å². The SMILES string of the molecule is CN(C)c1ccc(C=C2N=C3CCCCCN3C2=O)cc1. The number of aliphatic imine (C=N–C) groups is 1. The molecule has 21 heavy (non-hydrogen) atoms. The van der Waals surface area contributed by atoms with E-state index < -0.39 is 0 Å². The van der Waals surface area contributed by atoms with Crippen molar-refractivity contribution in [3.8, 4) is 0 Å². The van der Waals surface area contributed by atoms with Gasteiger partial charge in [-0.2, -0.15) is 0 Å². The molecule has 3 rings (SSSR count). The lowest BCUT2D eigenvalue weighted by atomic mass is 10.1. The Morgan fingerprint density at radius 1 is 1.14 bits per heavy atom. The Hall–Kier alpha value is -2.10. The van der Waals surface area contributed by atoms with E-state index in [1.807, 2.05) is 37.2 Å². The molecule has 1 saturated heterocycles. The lowest BCUT2D eigenvalue weighted by Gasteiger charge is -2.14. The van der Waals surface area contributed by atoms with E-state index in [-0.39, 0.29) is 5.91 Å². The van der Waals surface area contributed by atoms with Crippen molar-refractivity contribution in [1.29, 1.82) is 0 Å². The molecule has 1 amide bonds. The number of benzene rings is 1. The summed E-state index contributed by atoms with van der Waals surface area (Å²) in [6.45, 7) is 0.814. The molecular formula is C17H21N3O. The molecule has 2 aliphatic rings. The molecule has 0 atom stereocenters. The van der Waals surface area contributed by atoms with E-state index in [1.54, 1.807) is 0 Å². The van der Waals surface area contributed by atoms with Gasteiger partial charge in [-0.3, -0.25) is 9.69 Å². The molecule has 1 fully saturated rings. The summed E-state index contributed by atoms with van der Waals surface area (Å²) in [7, 11) is 4.03. The summed E-state index contributed by atoms with van der Waals surface area (Å²) in [6, 6.07) is 8.16. The highest BCUT2D eigenvalue weighted by molar-refractivity contribution is 6.14. The van der Waals surface area contributed by atoms with Gasteiger partial charge in [-0.05, 0) is 36.6 Å². The van der Waals surface area contributed by atoms with E-state index in [0.717, 1.165) is 42.9 Å². The number of carbonyl (C=O) groups is 1. The quantitative estimate of drug-likeness (QED) is 0.782. The first kappa shape index (κ1) is 13.9. The molecule has 4 heteroatoms. The summed E-state index contributed by atoms with van der Waals surface area (Å²) in [5.41, 5.74) is 2.74. The molecule has 0 unspecified atom stereocenters. The highest BCUT2D eigenvalue weighted by Crippen LogP contribution is 2.24. The predicted molar refractivity (Wildman–Crippen MR) is 86.4 cm³/mol. The third-order valence-electron chi connectivity index (χ3n) is 4.02. The Balaban J connectivity index is 1.84. The van der Waals surface area contributed by atoms with Crippen molar-refractivity contribution >= 4 is 23.5 Å². The van der Waals surface area contributed by atoms with E-state index in [1.165, 1.54) is 6.42 Å². The number of hydrogen-bond donors (Lipinski definition) is 0. The Bertz CT molecular complexity index is 599. The Labute approximate surface area is 125 Å². The van der Waals surface area contributed by atoms with Crippen molar-refractivity contribution < 1.29 is 4.79 Å². The summed E-state index contributed by atoms with van der Waals surface area (Å²) in [5, 5.41) is 0. The van der Waals surface area contributed by atoms with Crippen molar-refractivity contribution in [2.45, 2.75) is 25.7 Å². The molecule has 0 N–H and O–H groups in total. The third kappa shape index (κ3) is 2.84. The number of hydrogen-bond acceptors (Lipinski definition) is 3. The average Bonchev–Trinajstić information content (AvgIpc) is 2.66. The van der Waals surface area contributed by atoms with E-state index in [4.69, 9.17) is 0 Å². The molecule has 4 nitrogen and oxygen atoms in total. The summed E-state index contributed by atoms with van der Waals surface area (Å²) in [6.07, 6.45) is 6.21. The molecule has 0 radical (unpaired) electrons. The first-order valence-electron chi connectivity index (χ1n) is 7.54. The standard InChI is InChI=1S/C17H21N3O/c1-19(2)14-9-7-13(8-10-14)12-15-17(21)20-11-5-3-4-6-16(20)18-15/h7-10,12H,3-6,11H2,1-2H3. The van der Waals surface area contributed by atoms with Gasteiger partial charge in [0.2, 0.25) is 0 Å². The molecule has 0 bridgehead atoms. The van der Waals surface area contributed by atoms with Crippen LogP contribution in [0.1, 0.15) is 31.2 Å². The molecule has 0 aliphatic carbocycles. The van der Waals surface area contributed by atoms with Crippen LogP contribution < -0.4 is 4.90 Å². The van der Waals surface area contributed by atoms with Crippen molar-refractivity contribution in [3.05, 3.63) is 35.5 Å². The second kappa shape index (κ2) is 5.72. The monoisotopic (exact) mass is 283 g/mol. The third-order valence-corrected chi connectivity index (χ3v) is 4.02. The van der Waals surface area contributed by atoms with Crippen LogP contribution in [-0.4, -0.2) is 37.3 Å². The minimum atomic E-state index is 0.0589. The molecular weight excluding hydrogens is 262 g/mol. The highest BCUT2D eigenvalue weighted by Gasteiger charge is 2.30. The Kier molecular flexibility index (Phi) is 3.78. The van der Waals surface area contributed by atoms with Crippen LogP contribution in [0, 0.1) is 0 Å². The first-order valence-corrected chi connectivity index (χ1v) is 7.54. The molecule has 1 aromatic rings.